The summed E-state index contributed by atoms with van der Waals surface area (Å²) >= 11 is 0. The Morgan fingerprint density at radius 3 is 2.13 bits per heavy atom. The highest BCUT2D eigenvalue weighted by Gasteiger charge is 2.68. The standard InChI is InChI=1S/C23H36O5.C2H6/c1-20-6-4-19-17(18(20)5-7-23(20)27-12-13-28-23)3-2-16-14-22(25-10-11-26-22)9-8-21(16,19)15-24;1-2/h16-19,24H,2-15H2,1H3;1-2H3. The molecule has 30 heavy (non-hydrogen) atoms. The van der Waals surface area contributed by atoms with Crippen molar-refractivity contribution < 1.29 is 24.1 Å². The first-order chi connectivity index (χ1) is 14.6. The molecule has 172 valence electrons. The van der Waals surface area contributed by atoms with Gasteiger partial charge in [0, 0.05) is 31.3 Å². The van der Waals surface area contributed by atoms with E-state index in [1.807, 2.05) is 13.8 Å². The maximum absolute atomic E-state index is 10.7. The fourth-order valence-electron chi connectivity index (χ4n) is 8.95. The molecule has 6 aliphatic rings. The van der Waals surface area contributed by atoms with Crippen LogP contribution in [-0.2, 0) is 18.9 Å². The minimum Gasteiger partial charge on any atom is -0.396 e. The van der Waals surface area contributed by atoms with Gasteiger partial charge >= 0.3 is 0 Å². The molecule has 6 atom stereocenters. The molecule has 5 heteroatoms. The third-order valence-corrected chi connectivity index (χ3v) is 10.3. The van der Waals surface area contributed by atoms with Crippen LogP contribution in [0.25, 0.3) is 0 Å². The Kier molecular flexibility index (Phi) is 5.55. The van der Waals surface area contributed by atoms with E-state index >= 15 is 0 Å². The average molecular weight is 423 g/mol. The Balaban J connectivity index is 0.000000937. The lowest BCUT2D eigenvalue weighted by Crippen LogP contribution is -2.60. The van der Waals surface area contributed by atoms with E-state index < -0.39 is 0 Å². The fraction of sp³-hybridized carbons (Fsp3) is 1.00. The van der Waals surface area contributed by atoms with E-state index in [1.165, 1.54) is 32.1 Å². The van der Waals surface area contributed by atoms with E-state index in [9.17, 15) is 5.11 Å². The first kappa shape index (κ1) is 21.6. The van der Waals surface area contributed by atoms with Gasteiger partial charge in [0.25, 0.3) is 0 Å². The molecule has 2 aliphatic heterocycles. The van der Waals surface area contributed by atoms with E-state index in [1.54, 1.807) is 0 Å². The summed E-state index contributed by atoms with van der Waals surface area (Å²) in [5.41, 5.74) is 0.208. The number of aliphatic hydroxyl groups is 1. The van der Waals surface area contributed by atoms with Crippen LogP contribution in [0.3, 0.4) is 0 Å². The van der Waals surface area contributed by atoms with E-state index in [0.717, 1.165) is 52.1 Å². The average Bonchev–Trinajstić information content (AvgIpc) is 3.51. The SMILES string of the molecule is CC.CC12CCC3C(CCC4CC5(CCC43CO)OCCO5)C1CCC21OCCO1. The van der Waals surface area contributed by atoms with Gasteiger partial charge in [-0.15, -0.1) is 0 Å². The second-order valence-electron chi connectivity index (χ2n) is 10.8. The van der Waals surface area contributed by atoms with Crippen LogP contribution in [0.1, 0.15) is 78.6 Å². The highest BCUT2D eigenvalue weighted by atomic mass is 16.7. The Bertz CT molecular complexity index is 625. The van der Waals surface area contributed by atoms with Crippen LogP contribution in [0.2, 0.25) is 0 Å². The second kappa shape index (κ2) is 7.69. The van der Waals surface area contributed by atoms with Crippen molar-refractivity contribution in [2.45, 2.75) is 90.1 Å². The van der Waals surface area contributed by atoms with Crippen LogP contribution in [-0.4, -0.2) is 49.7 Å². The summed E-state index contributed by atoms with van der Waals surface area (Å²) in [5.74, 6) is 1.86. The number of aliphatic hydroxyl groups excluding tert-OH is 1. The lowest BCUT2D eigenvalue weighted by molar-refractivity contribution is -0.263. The number of hydrogen-bond donors (Lipinski definition) is 1. The minimum absolute atomic E-state index is 0.0674. The van der Waals surface area contributed by atoms with Crippen molar-refractivity contribution in [2.24, 2.45) is 34.5 Å². The van der Waals surface area contributed by atoms with Crippen LogP contribution in [0.5, 0.6) is 0 Å². The second-order valence-corrected chi connectivity index (χ2v) is 10.8. The minimum atomic E-state index is -0.345. The number of rotatable bonds is 1. The first-order valence-corrected chi connectivity index (χ1v) is 12.7. The largest absolute Gasteiger partial charge is 0.396 e. The van der Waals surface area contributed by atoms with Gasteiger partial charge in [-0.3, -0.25) is 0 Å². The lowest BCUT2D eigenvalue weighted by atomic mass is 9.44. The first-order valence-electron chi connectivity index (χ1n) is 12.7. The zero-order valence-electron chi connectivity index (χ0n) is 19.3. The topological polar surface area (TPSA) is 57.2 Å². The van der Waals surface area contributed by atoms with Crippen molar-refractivity contribution in [2.75, 3.05) is 33.0 Å². The molecular formula is C25H42O5. The molecule has 0 amide bonds. The highest BCUT2D eigenvalue weighted by Crippen LogP contribution is 2.70. The summed E-state index contributed by atoms with van der Waals surface area (Å²) in [7, 11) is 0. The van der Waals surface area contributed by atoms with E-state index in [4.69, 9.17) is 18.9 Å². The molecule has 6 rings (SSSR count). The molecule has 4 saturated carbocycles. The maximum Gasteiger partial charge on any atom is 0.174 e. The Morgan fingerprint density at radius 1 is 0.767 bits per heavy atom. The van der Waals surface area contributed by atoms with Gasteiger partial charge in [0.05, 0.1) is 26.4 Å². The van der Waals surface area contributed by atoms with Gasteiger partial charge in [0.15, 0.2) is 11.6 Å². The van der Waals surface area contributed by atoms with Gasteiger partial charge in [-0.2, -0.15) is 0 Å². The zero-order valence-corrected chi connectivity index (χ0v) is 19.3. The predicted octanol–water partition coefficient (Wildman–Crippen LogP) is 4.51. The van der Waals surface area contributed by atoms with Crippen molar-refractivity contribution in [1.29, 1.82) is 0 Å². The van der Waals surface area contributed by atoms with Gasteiger partial charge in [-0.25, -0.2) is 0 Å². The summed E-state index contributed by atoms with van der Waals surface area (Å²) in [4.78, 5) is 0. The smallest absolute Gasteiger partial charge is 0.174 e. The van der Waals surface area contributed by atoms with Crippen LogP contribution in [0, 0.1) is 34.5 Å². The molecule has 5 nitrogen and oxygen atoms in total. The molecule has 4 aliphatic carbocycles. The molecule has 2 spiro atoms. The van der Waals surface area contributed by atoms with Crippen LogP contribution < -0.4 is 0 Å². The Hall–Kier alpha value is -0.200. The van der Waals surface area contributed by atoms with E-state index in [-0.39, 0.29) is 22.4 Å². The molecule has 2 saturated heterocycles. The summed E-state index contributed by atoms with van der Waals surface area (Å²) < 4.78 is 24.7. The number of hydrogen-bond acceptors (Lipinski definition) is 5. The van der Waals surface area contributed by atoms with Gasteiger partial charge in [0.1, 0.15) is 0 Å². The zero-order chi connectivity index (χ0) is 21.0. The van der Waals surface area contributed by atoms with Crippen LogP contribution in [0.4, 0.5) is 0 Å². The monoisotopic (exact) mass is 422 g/mol. The Labute approximate surface area is 182 Å². The van der Waals surface area contributed by atoms with Gasteiger partial charge in [-0.05, 0) is 67.6 Å². The normalized spacial score (nSPS) is 48.0. The molecule has 6 unspecified atom stereocenters. The summed E-state index contributed by atoms with van der Waals surface area (Å²) in [6, 6.07) is 0. The summed E-state index contributed by atoms with van der Waals surface area (Å²) in [6.07, 6.45) is 10.1. The van der Waals surface area contributed by atoms with Gasteiger partial charge < -0.3 is 24.1 Å². The summed E-state index contributed by atoms with van der Waals surface area (Å²) in [5, 5.41) is 10.7. The molecule has 0 radical (unpaired) electrons. The van der Waals surface area contributed by atoms with Crippen molar-refractivity contribution in [3.8, 4) is 0 Å². The van der Waals surface area contributed by atoms with Crippen LogP contribution in [0.15, 0.2) is 0 Å². The lowest BCUT2D eigenvalue weighted by Gasteiger charge is -2.62. The van der Waals surface area contributed by atoms with Crippen molar-refractivity contribution >= 4 is 0 Å². The molecule has 0 bridgehead atoms. The molecule has 6 fully saturated rings. The van der Waals surface area contributed by atoms with Crippen molar-refractivity contribution in [1.82, 2.24) is 0 Å². The summed E-state index contributed by atoms with van der Waals surface area (Å²) in [6.45, 7) is 9.74. The molecule has 1 N–H and O–H groups in total. The Morgan fingerprint density at radius 2 is 1.43 bits per heavy atom. The van der Waals surface area contributed by atoms with E-state index in [2.05, 4.69) is 6.92 Å². The quantitative estimate of drug-likeness (QED) is 0.674. The maximum atomic E-state index is 10.7. The molecule has 0 aromatic heterocycles. The van der Waals surface area contributed by atoms with Gasteiger partial charge in [0.2, 0.25) is 0 Å². The number of ether oxygens (including phenoxy) is 4. The highest BCUT2D eigenvalue weighted by molar-refractivity contribution is 5.14. The third kappa shape index (κ3) is 2.78. The molecule has 0 aromatic carbocycles. The van der Waals surface area contributed by atoms with E-state index in [0.29, 0.717) is 30.3 Å². The molecule has 0 aromatic rings. The van der Waals surface area contributed by atoms with Gasteiger partial charge in [-0.1, -0.05) is 20.8 Å². The fourth-order valence-corrected chi connectivity index (χ4v) is 8.95. The predicted molar refractivity (Wildman–Crippen MR) is 114 cm³/mol. The van der Waals surface area contributed by atoms with Crippen LogP contribution >= 0.6 is 0 Å². The van der Waals surface area contributed by atoms with Crippen molar-refractivity contribution in [3.63, 3.8) is 0 Å². The number of fused-ring (bicyclic) bond motifs is 6. The third-order valence-electron chi connectivity index (χ3n) is 10.3. The molecular weight excluding hydrogens is 380 g/mol. The molecule has 2 heterocycles. The van der Waals surface area contributed by atoms with Crippen molar-refractivity contribution in [3.05, 3.63) is 0 Å².